The van der Waals surface area contributed by atoms with Gasteiger partial charge in [0.15, 0.2) is 0 Å². The van der Waals surface area contributed by atoms with Crippen LogP contribution in [-0.4, -0.2) is 25.3 Å². The van der Waals surface area contributed by atoms with E-state index in [4.69, 9.17) is 9.47 Å². The van der Waals surface area contributed by atoms with Crippen LogP contribution >= 0.6 is 11.8 Å². The van der Waals surface area contributed by atoms with Crippen LogP contribution in [0.2, 0.25) is 0 Å². The topological polar surface area (TPSA) is 50.8 Å². The van der Waals surface area contributed by atoms with Gasteiger partial charge in [-0.15, -0.1) is 0 Å². The lowest BCUT2D eigenvalue weighted by molar-refractivity contribution is 0.0597. The number of benzene rings is 2. The number of carbonyl (C=O) groups excluding carboxylic acids is 1. The van der Waals surface area contributed by atoms with E-state index in [-0.39, 0.29) is 6.09 Å². The average molecular weight is 387 g/mol. The van der Waals surface area contributed by atoms with Crippen LogP contribution < -0.4 is 15.0 Å². The second kappa shape index (κ2) is 7.72. The minimum Gasteiger partial charge on any atom is -0.497 e. The smallest absolute Gasteiger partial charge is 0.419 e. The maximum Gasteiger partial charge on any atom is 0.419 e. The third kappa shape index (κ3) is 4.33. The van der Waals surface area contributed by atoms with Crippen molar-refractivity contribution in [3.05, 3.63) is 36.4 Å². The van der Waals surface area contributed by atoms with Gasteiger partial charge in [-0.05, 0) is 63.6 Å². The molecule has 0 atom stereocenters. The standard InChI is InChI=1S/C21H26N2O3S/c1-6-11-22-14-7-9-16-18(12-14)27-19-13-15(25-5)8-10-17(19)23(16)20(24)26-21(2,3)4/h7-10,12-13,22H,6,11H2,1-5H3. The molecule has 1 amide bonds. The predicted molar refractivity (Wildman–Crippen MR) is 111 cm³/mol. The van der Waals surface area contributed by atoms with Crippen molar-refractivity contribution in [3.63, 3.8) is 0 Å². The Morgan fingerprint density at radius 1 is 1.11 bits per heavy atom. The third-order valence-electron chi connectivity index (χ3n) is 3.98. The van der Waals surface area contributed by atoms with Crippen LogP contribution in [0.15, 0.2) is 46.2 Å². The average Bonchev–Trinajstić information content (AvgIpc) is 2.62. The largest absolute Gasteiger partial charge is 0.497 e. The van der Waals surface area contributed by atoms with E-state index in [9.17, 15) is 4.79 Å². The number of hydrogen-bond acceptors (Lipinski definition) is 5. The van der Waals surface area contributed by atoms with Gasteiger partial charge >= 0.3 is 6.09 Å². The molecule has 144 valence electrons. The Hall–Kier alpha value is -2.34. The van der Waals surface area contributed by atoms with Crippen LogP contribution in [0.4, 0.5) is 21.9 Å². The summed E-state index contributed by atoms with van der Waals surface area (Å²) in [7, 11) is 1.64. The molecule has 1 aliphatic heterocycles. The molecule has 0 saturated carbocycles. The minimum atomic E-state index is -0.572. The summed E-state index contributed by atoms with van der Waals surface area (Å²) in [5.74, 6) is 0.758. The molecule has 27 heavy (non-hydrogen) atoms. The van der Waals surface area contributed by atoms with Crippen molar-refractivity contribution < 1.29 is 14.3 Å². The van der Waals surface area contributed by atoms with Crippen LogP contribution in [0, 0.1) is 0 Å². The number of ether oxygens (including phenoxy) is 2. The zero-order valence-electron chi connectivity index (χ0n) is 16.5. The number of rotatable bonds is 4. The lowest BCUT2D eigenvalue weighted by Gasteiger charge is -2.33. The quantitative estimate of drug-likeness (QED) is 0.693. The first-order chi connectivity index (χ1) is 12.8. The SMILES string of the molecule is CCCNc1ccc2c(c1)Sc1cc(OC)ccc1N2C(=O)OC(C)(C)C. The third-order valence-corrected chi connectivity index (χ3v) is 5.08. The van der Waals surface area contributed by atoms with Gasteiger partial charge in [0.1, 0.15) is 11.4 Å². The molecule has 0 unspecified atom stereocenters. The fourth-order valence-corrected chi connectivity index (χ4v) is 3.93. The van der Waals surface area contributed by atoms with E-state index >= 15 is 0 Å². The van der Waals surface area contributed by atoms with Gasteiger partial charge in [0.25, 0.3) is 0 Å². The van der Waals surface area contributed by atoms with Gasteiger partial charge in [-0.1, -0.05) is 18.7 Å². The van der Waals surface area contributed by atoms with E-state index in [2.05, 4.69) is 18.3 Å². The summed E-state index contributed by atoms with van der Waals surface area (Å²) in [5, 5.41) is 3.40. The monoisotopic (exact) mass is 386 g/mol. The van der Waals surface area contributed by atoms with Crippen molar-refractivity contribution in [1.82, 2.24) is 0 Å². The van der Waals surface area contributed by atoms with E-state index in [1.807, 2.05) is 51.1 Å². The van der Waals surface area contributed by atoms with E-state index in [0.29, 0.717) is 0 Å². The maximum atomic E-state index is 13.0. The minimum absolute atomic E-state index is 0.385. The molecule has 0 aliphatic carbocycles. The van der Waals surface area contributed by atoms with Crippen molar-refractivity contribution in [2.45, 2.75) is 49.5 Å². The van der Waals surface area contributed by atoms with Gasteiger partial charge in [0.05, 0.1) is 18.5 Å². The van der Waals surface area contributed by atoms with E-state index < -0.39 is 5.60 Å². The van der Waals surface area contributed by atoms with Crippen LogP contribution in [-0.2, 0) is 4.74 Å². The number of nitrogens with zero attached hydrogens (tertiary/aromatic N) is 1. The lowest BCUT2D eigenvalue weighted by Crippen LogP contribution is -2.35. The van der Waals surface area contributed by atoms with E-state index in [1.165, 1.54) is 0 Å². The van der Waals surface area contributed by atoms with Gasteiger partial charge in [0, 0.05) is 22.0 Å². The number of anilines is 3. The summed E-state index contributed by atoms with van der Waals surface area (Å²) < 4.78 is 11.0. The number of amides is 1. The Morgan fingerprint density at radius 3 is 2.41 bits per heavy atom. The van der Waals surface area contributed by atoms with Crippen molar-refractivity contribution in [2.24, 2.45) is 0 Å². The fourth-order valence-electron chi connectivity index (χ4n) is 2.80. The molecule has 1 heterocycles. The molecule has 0 aromatic heterocycles. The molecule has 2 aromatic rings. The number of fused-ring (bicyclic) bond motifs is 2. The van der Waals surface area contributed by atoms with Crippen molar-refractivity contribution in [3.8, 4) is 5.75 Å². The number of nitrogens with one attached hydrogen (secondary N) is 1. The van der Waals surface area contributed by atoms with E-state index in [1.54, 1.807) is 23.8 Å². The summed E-state index contributed by atoms with van der Waals surface area (Å²) >= 11 is 1.63. The number of methoxy groups -OCH3 is 1. The molecule has 0 spiro atoms. The Balaban J connectivity index is 2.05. The first-order valence-corrected chi connectivity index (χ1v) is 9.91. The highest BCUT2D eigenvalue weighted by Gasteiger charge is 2.32. The van der Waals surface area contributed by atoms with Crippen molar-refractivity contribution in [1.29, 1.82) is 0 Å². The molecule has 2 aromatic carbocycles. The normalized spacial score (nSPS) is 12.9. The van der Waals surface area contributed by atoms with Gasteiger partial charge in [-0.25, -0.2) is 9.69 Å². The Labute approximate surface area is 165 Å². The summed E-state index contributed by atoms with van der Waals surface area (Å²) in [6.45, 7) is 8.65. The fraction of sp³-hybridized carbons (Fsp3) is 0.381. The summed E-state index contributed by atoms with van der Waals surface area (Å²) in [4.78, 5) is 16.6. The highest BCUT2D eigenvalue weighted by Crippen LogP contribution is 2.50. The summed E-state index contributed by atoms with van der Waals surface area (Å²) in [5.41, 5.74) is 2.10. The second-order valence-corrected chi connectivity index (χ2v) is 8.44. The molecule has 3 rings (SSSR count). The molecule has 0 radical (unpaired) electrons. The van der Waals surface area contributed by atoms with Gasteiger partial charge in [-0.2, -0.15) is 0 Å². The molecule has 1 aliphatic rings. The molecule has 6 heteroatoms. The Kier molecular flexibility index (Phi) is 5.56. The van der Waals surface area contributed by atoms with Crippen molar-refractivity contribution in [2.75, 3.05) is 23.9 Å². The molecule has 0 saturated heterocycles. The number of hydrogen-bond donors (Lipinski definition) is 1. The van der Waals surface area contributed by atoms with Crippen molar-refractivity contribution >= 4 is 34.9 Å². The van der Waals surface area contributed by atoms with Gasteiger partial charge in [-0.3, -0.25) is 0 Å². The molecule has 1 N–H and O–H groups in total. The molecular weight excluding hydrogens is 360 g/mol. The number of carbonyl (C=O) groups is 1. The van der Waals surface area contributed by atoms with Gasteiger partial charge < -0.3 is 14.8 Å². The Morgan fingerprint density at radius 2 is 1.78 bits per heavy atom. The van der Waals surface area contributed by atoms with Crippen LogP contribution in [0.25, 0.3) is 0 Å². The van der Waals surface area contributed by atoms with Gasteiger partial charge in [0.2, 0.25) is 0 Å². The summed E-state index contributed by atoms with van der Waals surface area (Å²) in [6.07, 6.45) is 0.665. The molecular formula is C21H26N2O3S. The lowest BCUT2D eigenvalue weighted by atomic mass is 10.2. The first-order valence-electron chi connectivity index (χ1n) is 9.09. The van der Waals surface area contributed by atoms with Crippen LogP contribution in [0.3, 0.4) is 0 Å². The highest BCUT2D eigenvalue weighted by atomic mass is 32.2. The van der Waals surface area contributed by atoms with Crippen LogP contribution in [0.5, 0.6) is 5.75 Å². The zero-order chi connectivity index (χ0) is 19.6. The zero-order valence-corrected chi connectivity index (χ0v) is 17.3. The maximum absolute atomic E-state index is 13.0. The van der Waals surface area contributed by atoms with E-state index in [0.717, 1.165) is 45.6 Å². The Bertz CT molecular complexity index is 846. The summed E-state index contributed by atoms with van der Waals surface area (Å²) in [6, 6.07) is 11.8. The second-order valence-electron chi connectivity index (χ2n) is 7.36. The first kappa shape index (κ1) is 19.4. The molecule has 5 nitrogen and oxygen atoms in total. The molecule has 0 fully saturated rings. The van der Waals surface area contributed by atoms with Crippen LogP contribution in [0.1, 0.15) is 34.1 Å². The predicted octanol–water partition coefficient (Wildman–Crippen LogP) is 6.05. The molecule has 0 bridgehead atoms. The highest BCUT2D eigenvalue weighted by molar-refractivity contribution is 7.99.